The Labute approximate surface area is 141 Å². The minimum Gasteiger partial charge on any atom is -0.357 e. The van der Waals surface area contributed by atoms with E-state index in [9.17, 15) is 14.5 Å². The van der Waals surface area contributed by atoms with Crippen LogP contribution in [0.3, 0.4) is 0 Å². The van der Waals surface area contributed by atoms with E-state index in [0.29, 0.717) is 28.8 Å². The van der Waals surface area contributed by atoms with Crippen molar-refractivity contribution in [1.29, 1.82) is 0 Å². The highest BCUT2D eigenvalue weighted by molar-refractivity contribution is 5.66. The predicted octanol–water partition coefficient (Wildman–Crippen LogP) is 3.37. The van der Waals surface area contributed by atoms with Crippen LogP contribution in [-0.2, 0) is 0 Å². The van der Waals surface area contributed by atoms with Gasteiger partial charge in [-0.05, 0) is 24.3 Å². The molecule has 3 rings (SSSR count). The number of hydrogen-bond acceptors (Lipinski definition) is 7. The van der Waals surface area contributed by atoms with Crippen molar-refractivity contribution in [2.75, 3.05) is 17.7 Å². The molecule has 8 nitrogen and oxygen atoms in total. The zero-order chi connectivity index (χ0) is 17.8. The Hall–Kier alpha value is -3.62. The summed E-state index contributed by atoms with van der Waals surface area (Å²) in [5.74, 6) is -0.161. The molecule has 0 atom stereocenters. The van der Waals surface area contributed by atoms with Crippen LogP contribution in [0.4, 0.5) is 27.5 Å². The number of nitro benzene ring substituents is 1. The molecule has 0 bridgehead atoms. The van der Waals surface area contributed by atoms with Crippen LogP contribution in [0, 0.1) is 15.9 Å². The van der Waals surface area contributed by atoms with Gasteiger partial charge in [-0.1, -0.05) is 6.07 Å². The summed E-state index contributed by atoms with van der Waals surface area (Å²) in [4.78, 5) is 22.9. The number of benzene rings is 1. The predicted molar refractivity (Wildman–Crippen MR) is 91.1 cm³/mol. The van der Waals surface area contributed by atoms with Gasteiger partial charge in [0.05, 0.1) is 16.3 Å². The zero-order valence-electron chi connectivity index (χ0n) is 13.1. The summed E-state index contributed by atoms with van der Waals surface area (Å²) >= 11 is 0. The lowest BCUT2D eigenvalue weighted by atomic mass is 10.2. The molecule has 126 valence electrons. The average Bonchev–Trinajstić information content (AvgIpc) is 2.63. The van der Waals surface area contributed by atoms with Crippen LogP contribution >= 0.6 is 0 Å². The maximum Gasteiger partial charge on any atom is 0.306 e. The van der Waals surface area contributed by atoms with Gasteiger partial charge in [-0.2, -0.15) is 9.37 Å². The fourth-order valence-corrected chi connectivity index (χ4v) is 2.15. The van der Waals surface area contributed by atoms with Gasteiger partial charge in [0, 0.05) is 31.1 Å². The number of aromatic nitrogens is 3. The first-order valence-corrected chi connectivity index (χ1v) is 7.26. The number of halogens is 1. The lowest BCUT2D eigenvalue weighted by molar-refractivity contribution is -0.387. The monoisotopic (exact) mass is 340 g/mol. The van der Waals surface area contributed by atoms with Crippen molar-refractivity contribution in [3.05, 3.63) is 64.6 Å². The third kappa shape index (κ3) is 3.66. The minimum atomic E-state index is -0.900. The average molecular weight is 340 g/mol. The molecule has 2 heterocycles. The molecule has 0 unspecified atom stereocenters. The van der Waals surface area contributed by atoms with Crippen LogP contribution in [0.1, 0.15) is 0 Å². The second-order valence-corrected chi connectivity index (χ2v) is 4.98. The van der Waals surface area contributed by atoms with E-state index in [0.717, 1.165) is 12.1 Å². The van der Waals surface area contributed by atoms with Crippen molar-refractivity contribution in [1.82, 2.24) is 15.0 Å². The highest BCUT2D eigenvalue weighted by Gasteiger charge is 2.15. The van der Waals surface area contributed by atoms with Crippen molar-refractivity contribution >= 4 is 23.1 Å². The van der Waals surface area contributed by atoms with E-state index in [-0.39, 0.29) is 0 Å². The number of rotatable bonds is 5. The first-order valence-electron chi connectivity index (χ1n) is 7.26. The minimum absolute atomic E-state index is 0.334. The molecule has 2 N–H and O–H groups in total. The van der Waals surface area contributed by atoms with Crippen LogP contribution in [0.25, 0.3) is 11.4 Å². The zero-order valence-corrected chi connectivity index (χ0v) is 13.1. The van der Waals surface area contributed by atoms with Crippen LogP contribution in [0.2, 0.25) is 0 Å². The van der Waals surface area contributed by atoms with E-state index in [2.05, 4.69) is 25.6 Å². The lowest BCUT2D eigenvalue weighted by Gasteiger charge is -2.09. The molecule has 0 aliphatic heterocycles. The third-order valence-electron chi connectivity index (χ3n) is 3.29. The summed E-state index contributed by atoms with van der Waals surface area (Å²) in [5.41, 5.74) is 0.937. The van der Waals surface area contributed by atoms with Gasteiger partial charge in [-0.3, -0.25) is 15.1 Å². The molecular weight excluding hydrogens is 327 g/mol. The van der Waals surface area contributed by atoms with E-state index in [1.54, 1.807) is 31.4 Å². The van der Waals surface area contributed by atoms with Gasteiger partial charge >= 0.3 is 5.69 Å². The highest BCUT2D eigenvalue weighted by atomic mass is 19.1. The van der Waals surface area contributed by atoms with Crippen molar-refractivity contribution in [3.8, 4) is 11.4 Å². The van der Waals surface area contributed by atoms with Crippen molar-refractivity contribution in [2.24, 2.45) is 0 Å². The first kappa shape index (κ1) is 16.2. The topological polar surface area (TPSA) is 106 Å². The Kier molecular flexibility index (Phi) is 4.46. The molecule has 0 aliphatic rings. The molecule has 0 amide bonds. The smallest absolute Gasteiger partial charge is 0.306 e. The van der Waals surface area contributed by atoms with Gasteiger partial charge in [0.2, 0.25) is 11.8 Å². The summed E-state index contributed by atoms with van der Waals surface area (Å²) in [5, 5.41) is 16.6. The molecule has 25 heavy (non-hydrogen) atoms. The maximum absolute atomic E-state index is 13.4. The summed E-state index contributed by atoms with van der Waals surface area (Å²) in [6.45, 7) is 0. The van der Waals surface area contributed by atoms with Gasteiger partial charge in [0.15, 0.2) is 0 Å². The van der Waals surface area contributed by atoms with Gasteiger partial charge in [0.25, 0.3) is 0 Å². The highest BCUT2D eigenvalue weighted by Crippen LogP contribution is 2.26. The van der Waals surface area contributed by atoms with Crippen LogP contribution < -0.4 is 10.6 Å². The van der Waals surface area contributed by atoms with Crippen molar-refractivity contribution in [2.45, 2.75) is 0 Å². The molecule has 2 aromatic heterocycles. The fourth-order valence-electron chi connectivity index (χ4n) is 2.15. The molecule has 0 saturated heterocycles. The molecule has 0 spiro atoms. The SMILES string of the molecule is CNc1nc(Nc2ccc(F)c([N+](=O)[O-])c2)cc(-c2ccccn2)n1. The van der Waals surface area contributed by atoms with Crippen molar-refractivity contribution < 1.29 is 9.31 Å². The fraction of sp³-hybridized carbons (Fsp3) is 0.0625. The number of nitro groups is 1. The lowest BCUT2D eigenvalue weighted by Crippen LogP contribution is -2.03. The van der Waals surface area contributed by atoms with E-state index < -0.39 is 16.4 Å². The summed E-state index contributed by atoms with van der Waals surface area (Å²) in [6.07, 6.45) is 1.65. The van der Waals surface area contributed by atoms with E-state index >= 15 is 0 Å². The first-order chi connectivity index (χ1) is 12.1. The normalized spacial score (nSPS) is 10.3. The van der Waals surface area contributed by atoms with Crippen LogP contribution in [0.5, 0.6) is 0 Å². The van der Waals surface area contributed by atoms with E-state index in [4.69, 9.17) is 0 Å². The van der Waals surface area contributed by atoms with E-state index in [1.165, 1.54) is 6.07 Å². The van der Waals surface area contributed by atoms with Crippen LogP contribution in [0.15, 0.2) is 48.7 Å². The Morgan fingerprint density at radius 1 is 1.12 bits per heavy atom. The molecule has 3 aromatic rings. The van der Waals surface area contributed by atoms with Crippen LogP contribution in [-0.4, -0.2) is 26.9 Å². The standard InChI is InChI=1S/C16H13FN6O2/c1-18-16-21-13(12-4-2-3-7-19-12)9-15(22-16)20-10-5-6-11(17)14(8-10)23(24)25/h2-9H,1H3,(H2,18,20,21,22). The second-order valence-electron chi connectivity index (χ2n) is 4.98. The molecule has 0 aliphatic carbocycles. The van der Waals surface area contributed by atoms with Gasteiger partial charge < -0.3 is 10.6 Å². The molecule has 9 heteroatoms. The maximum atomic E-state index is 13.4. The number of nitrogens with one attached hydrogen (secondary N) is 2. The Balaban J connectivity index is 1.98. The quantitative estimate of drug-likeness (QED) is 0.542. The summed E-state index contributed by atoms with van der Waals surface area (Å²) in [6, 6.07) is 10.6. The Morgan fingerprint density at radius 2 is 1.96 bits per heavy atom. The number of pyridine rings is 1. The number of anilines is 3. The second kappa shape index (κ2) is 6.87. The largest absolute Gasteiger partial charge is 0.357 e. The molecule has 0 radical (unpaired) electrons. The van der Waals surface area contributed by atoms with Gasteiger partial charge in [-0.25, -0.2) is 4.98 Å². The van der Waals surface area contributed by atoms with Gasteiger partial charge in [0.1, 0.15) is 5.82 Å². The molecule has 0 fully saturated rings. The summed E-state index contributed by atoms with van der Waals surface area (Å²) < 4.78 is 13.4. The van der Waals surface area contributed by atoms with E-state index in [1.807, 2.05) is 6.07 Å². The van der Waals surface area contributed by atoms with Crippen molar-refractivity contribution in [3.63, 3.8) is 0 Å². The van der Waals surface area contributed by atoms with Gasteiger partial charge in [-0.15, -0.1) is 0 Å². The Bertz CT molecular complexity index is 920. The number of hydrogen-bond donors (Lipinski definition) is 2. The molecular formula is C16H13FN6O2. The Morgan fingerprint density at radius 3 is 2.64 bits per heavy atom. The molecule has 0 saturated carbocycles. The molecule has 1 aromatic carbocycles. The summed E-state index contributed by atoms with van der Waals surface area (Å²) in [7, 11) is 1.67. The third-order valence-corrected chi connectivity index (χ3v) is 3.29. The number of nitrogens with zero attached hydrogens (tertiary/aromatic N) is 4.